The SMILES string of the molecule is Cc1cc(C(F)(F)F)cc(OCC2CC2)n1. The molecule has 16 heavy (non-hydrogen) atoms. The molecule has 0 spiro atoms. The van der Waals surface area contributed by atoms with Crippen LogP contribution in [0, 0.1) is 12.8 Å². The Hall–Kier alpha value is -1.26. The average Bonchev–Trinajstić information content (AvgIpc) is 2.96. The van der Waals surface area contributed by atoms with Crippen LogP contribution < -0.4 is 4.74 Å². The largest absolute Gasteiger partial charge is 0.477 e. The number of ether oxygens (including phenoxy) is 1. The molecule has 0 radical (unpaired) electrons. The molecule has 0 unspecified atom stereocenters. The maximum atomic E-state index is 12.5. The molecule has 2 nitrogen and oxygen atoms in total. The smallest absolute Gasteiger partial charge is 0.416 e. The fraction of sp³-hybridized carbons (Fsp3) is 0.545. The molecule has 5 heteroatoms. The monoisotopic (exact) mass is 231 g/mol. The van der Waals surface area contributed by atoms with E-state index in [0.717, 1.165) is 25.0 Å². The molecule has 0 atom stereocenters. The first-order valence-corrected chi connectivity index (χ1v) is 5.14. The molecule has 1 aliphatic carbocycles. The minimum Gasteiger partial charge on any atom is -0.477 e. The van der Waals surface area contributed by atoms with E-state index in [2.05, 4.69) is 4.98 Å². The molecule has 1 saturated carbocycles. The highest BCUT2D eigenvalue weighted by Gasteiger charge is 2.31. The number of hydrogen-bond donors (Lipinski definition) is 0. The number of hydrogen-bond acceptors (Lipinski definition) is 2. The molecular formula is C11H12F3NO. The quantitative estimate of drug-likeness (QED) is 0.796. The first kappa shape index (κ1) is 11.2. The Balaban J connectivity index is 2.14. The number of pyridine rings is 1. The van der Waals surface area contributed by atoms with Crippen LogP contribution in [0.4, 0.5) is 13.2 Å². The molecule has 0 aromatic carbocycles. The summed E-state index contributed by atoms with van der Waals surface area (Å²) in [5, 5.41) is 0. The van der Waals surface area contributed by atoms with Crippen molar-refractivity contribution >= 4 is 0 Å². The Morgan fingerprint density at radius 2 is 2.06 bits per heavy atom. The Kier molecular flexibility index (Phi) is 2.78. The third-order valence-corrected chi connectivity index (χ3v) is 2.42. The number of alkyl halides is 3. The molecule has 1 heterocycles. The molecule has 0 amide bonds. The molecule has 1 aliphatic rings. The fourth-order valence-corrected chi connectivity index (χ4v) is 1.36. The number of aromatic nitrogens is 1. The summed E-state index contributed by atoms with van der Waals surface area (Å²) in [6.45, 7) is 1.99. The summed E-state index contributed by atoms with van der Waals surface area (Å²) >= 11 is 0. The highest BCUT2D eigenvalue weighted by atomic mass is 19.4. The molecule has 0 saturated heterocycles. The summed E-state index contributed by atoms with van der Waals surface area (Å²) < 4.78 is 42.7. The Morgan fingerprint density at radius 1 is 1.38 bits per heavy atom. The number of nitrogens with zero attached hydrogens (tertiary/aromatic N) is 1. The Bertz CT molecular complexity index is 385. The molecule has 2 rings (SSSR count). The van der Waals surface area contributed by atoms with Gasteiger partial charge in [0.15, 0.2) is 0 Å². The van der Waals surface area contributed by atoms with Gasteiger partial charge >= 0.3 is 6.18 Å². The van der Waals surface area contributed by atoms with Gasteiger partial charge < -0.3 is 4.74 Å². The van der Waals surface area contributed by atoms with Crippen molar-refractivity contribution in [2.45, 2.75) is 25.9 Å². The Morgan fingerprint density at radius 3 is 2.62 bits per heavy atom. The maximum absolute atomic E-state index is 12.5. The lowest BCUT2D eigenvalue weighted by atomic mass is 10.2. The molecule has 1 aromatic rings. The van der Waals surface area contributed by atoms with E-state index >= 15 is 0 Å². The zero-order valence-electron chi connectivity index (χ0n) is 8.84. The van der Waals surface area contributed by atoms with Crippen molar-refractivity contribution in [2.24, 2.45) is 5.92 Å². The third kappa shape index (κ3) is 2.87. The van der Waals surface area contributed by atoms with Gasteiger partial charge in [-0.2, -0.15) is 13.2 Å². The van der Waals surface area contributed by atoms with Crippen LogP contribution in [-0.4, -0.2) is 11.6 Å². The number of aryl methyl sites for hydroxylation is 1. The zero-order valence-corrected chi connectivity index (χ0v) is 8.84. The van der Waals surface area contributed by atoms with E-state index in [-0.39, 0.29) is 5.88 Å². The van der Waals surface area contributed by atoms with Crippen LogP contribution in [0.5, 0.6) is 5.88 Å². The van der Waals surface area contributed by atoms with E-state index in [1.807, 2.05) is 0 Å². The van der Waals surface area contributed by atoms with Gasteiger partial charge in [-0.15, -0.1) is 0 Å². The highest BCUT2D eigenvalue weighted by Crippen LogP contribution is 2.33. The van der Waals surface area contributed by atoms with E-state index in [1.165, 1.54) is 6.92 Å². The molecule has 1 aromatic heterocycles. The summed E-state index contributed by atoms with van der Waals surface area (Å²) in [6, 6.07) is 1.97. The van der Waals surface area contributed by atoms with E-state index in [0.29, 0.717) is 18.2 Å². The molecular weight excluding hydrogens is 219 g/mol. The topological polar surface area (TPSA) is 22.1 Å². The van der Waals surface area contributed by atoms with Gasteiger partial charge in [0.2, 0.25) is 5.88 Å². The van der Waals surface area contributed by atoms with Crippen LogP contribution in [0.25, 0.3) is 0 Å². The fourth-order valence-electron chi connectivity index (χ4n) is 1.36. The van der Waals surface area contributed by atoms with Crippen molar-refractivity contribution < 1.29 is 17.9 Å². The average molecular weight is 231 g/mol. The van der Waals surface area contributed by atoms with E-state index in [1.54, 1.807) is 0 Å². The predicted octanol–water partition coefficient (Wildman–Crippen LogP) is 3.20. The van der Waals surface area contributed by atoms with Crippen molar-refractivity contribution in [1.82, 2.24) is 4.98 Å². The summed E-state index contributed by atoms with van der Waals surface area (Å²) in [5.74, 6) is 0.566. The molecule has 0 N–H and O–H groups in total. The maximum Gasteiger partial charge on any atom is 0.416 e. The van der Waals surface area contributed by atoms with Gasteiger partial charge in [0.05, 0.1) is 12.2 Å². The predicted molar refractivity (Wildman–Crippen MR) is 52.2 cm³/mol. The number of rotatable bonds is 3. The minimum absolute atomic E-state index is 0.0687. The van der Waals surface area contributed by atoms with Gasteiger partial charge in [-0.1, -0.05) is 0 Å². The minimum atomic E-state index is -4.34. The normalized spacial score (nSPS) is 16.2. The van der Waals surface area contributed by atoms with Crippen molar-refractivity contribution in [3.63, 3.8) is 0 Å². The second kappa shape index (κ2) is 3.96. The Labute approximate surface area is 91.4 Å². The van der Waals surface area contributed by atoms with Gasteiger partial charge in [-0.25, -0.2) is 4.98 Å². The lowest BCUT2D eigenvalue weighted by molar-refractivity contribution is -0.137. The van der Waals surface area contributed by atoms with Gasteiger partial charge in [0.1, 0.15) is 0 Å². The summed E-state index contributed by atoms with van der Waals surface area (Å²) in [4.78, 5) is 3.92. The van der Waals surface area contributed by atoms with Crippen LogP contribution in [0.3, 0.4) is 0 Å². The van der Waals surface area contributed by atoms with E-state index in [4.69, 9.17) is 4.74 Å². The number of halogens is 3. The zero-order chi connectivity index (χ0) is 11.8. The summed E-state index contributed by atoms with van der Waals surface area (Å²) in [7, 11) is 0. The molecule has 0 aliphatic heterocycles. The van der Waals surface area contributed by atoms with Gasteiger partial charge in [0.25, 0.3) is 0 Å². The van der Waals surface area contributed by atoms with E-state index < -0.39 is 11.7 Å². The van der Waals surface area contributed by atoms with Gasteiger partial charge in [-0.05, 0) is 31.7 Å². The lowest BCUT2D eigenvalue weighted by Gasteiger charge is -2.10. The van der Waals surface area contributed by atoms with Crippen molar-refractivity contribution in [3.8, 4) is 5.88 Å². The van der Waals surface area contributed by atoms with Crippen LogP contribution in [0.2, 0.25) is 0 Å². The van der Waals surface area contributed by atoms with Gasteiger partial charge in [0, 0.05) is 11.8 Å². The summed E-state index contributed by atoms with van der Waals surface area (Å²) in [5.41, 5.74) is -0.383. The van der Waals surface area contributed by atoms with Crippen molar-refractivity contribution in [1.29, 1.82) is 0 Å². The van der Waals surface area contributed by atoms with Crippen molar-refractivity contribution in [3.05, 3.63) is 23.4 Å². The van der Waals surface area contributed by atoms with Crippen LogP contribution in [-0.2, 0) is 6.18 Å². The first-order valence-electron chi connectivity index (χ1n) is 5.14. The summed E-state index contributed by atoms with van der Waals surface area (Å²) in [6.07, 6.45) is -2.15. The molecule has 1 fully saturated rings. The standard InChI is InChI=1S/C11H12F3NO/c1-7-4-9(11(12,13)14)5-10(15-7)16-6-8-2-3-8/h4-5,8H,2-3,6H2,1H3. The molecule has 88 valence electrons. The van der Waals surface area contributed by atoms with E-state index in [9.17, 15) is 13.2 Å². The second-order valence-corrected chi connectivity index (χ2v) is 4.09. The van der Waals surface area contributed by atoms with Gasteiger partial charge in [-0.3, -0.25) is 0 Å². The van der Waals surface area contributed by atoms with Crippen LogP contribution in [0.1, 0.15) is 24.1 Å². The van der Waals surface area contributed by atoms with Crippen LogP contribution in [0.15, 0.2) is 12.1 Å². The second-order valence-electron chi connectivity index (χ2n) is 4.09. The first-order chi connectivity index (χ1) is 7.45. The van der Waals surface area contributed by atoms with Crippen LogP contribution >= 0.6 is 0 Å². The molecule has 0 bridgehead atoms. The third-order valence-electron chi connectivity index (χ3n) is 2.42. The highest BCUT2D eigenvalue weighted by molar-refractivity contribution is 5.26. The lowest BCUT2D eigenvalue weighted by Crippen LogP contribution is -2.08. The van der Waals surface area contributed by atoms with Crippen molar-refractivity contribution in [2.75, 3.05) is 6.61 Å².